The first-order valence-corrected chi connectivity index (χ1v) is 12.5. The predicted molar refractivity (Wildman–Crippen MR) is 143 cm³/mol. The van der Waals surface area contributed by atoms with E-state index in [1.807, 2.05) is 36.4 Å². The number of nitrogens with zero attached hydrogens (tertiary/aromatic N) is 1. The van der Waals surface area contributed by atoms with Crippen LogP contribution in [0.1, 0.15) is 40.7 Å². The second-order valence-corrected chi connectivity index (χ2v) is 9.05. The number of nitrogens with one attached hydrogen (secondary N) is 2. The van der Waals surface area contributed by atoms with Crippen LogP contribution in [-0.4, -0.2) is 35.1 Å². The Morgan fingerprint density at radius 3 is 2.45 bits per heavy atom. The summed E-state index contributed by atoms with van der Waals surface area (Å²) < 4.78 is 18.5. The average molecular weight is 536 g/mol. The molecule has 0 aliphatic carbocycles. The number of hydrogen-bond donors (Lipinski definition) is 3. The van der Waals surface area contributed by atoms with Gasteiger partial charge in [-0.15, -0.1) is 0 Å². The van der Waals surface area contributed by atoms with E-state index in [-0.39, 0.29) is 19.0 Å². The first-order valence-electron chi connectivity index (χ1n) is 12.1. The van der Waals surface area contributed by atoms with Gasteiger partial charge in [0.05, 0.1) is 12.8 Å². The third-order valence-electron chi connectivity index (χ3n) is 6.00. The minimum atomic E-state index is -1.09. The number of halogens is 2. The van der Waals surface area contributed by atoms with Crippen LogP contribution in [0.15, 0.2) is 83.4 Å². The van der Waals surface area contributed by atoms with Crippen molar-refractivity contribution >= 4 is 23.4 Å². The lowest BCUT2D eigenvalue weighted by Gasteiger charge is -2.18. The largest absolute Gasteiger partial charge is 0.438 e. The number of benzene rings is 3. The van der Waals surface area contributed by atoms with Crippen LogP contribution in [0.3, 0.4) is 0 Å². The Kier molecular flexibility index (Phi) is 9.24. The SMILES string of the molecule is O=C(CF)NCCC[C@H](NC(=O)c1cc(-c2ccccc2)ccc1CO)c1ncc(-c2ccc(Cl)cc2)o1. The Bertz CT molecular complexity index is 1380. The number of carbonyl (C=O) groups is 2. The Hall–Kier alpha value is -4.01. The van der Waals surface area contributed by atoms with E-state index in [0.717, 1.165) is 16.7 Å². The fourth-order valence-corrected chi connectivity index (χ4v) is 4.13. The fourth-order valence-electron chi connectivity index (χ4n) is 4.01. The molecule has 0 unspecified atom stereocenters. The average Bonchev–Trinajstić information content (AvgIpc) is 3.45. The van der Waals surface area contributed by atoms with Gasteiger partial charge in [-0.2, -0.15) is 0 Å². The van der Waals surface area contributed by atoms with Gasteiger partial charge in [0.1, 0.15) is 6.04 Å². The van der Waals surface area contributed by atoms with E-state index in [1.54, 1.807) is 42.6 Å². The van der Waals surface area contributed by atoms with Gasteiger partial charge in [-0.25, -0.2) is 9.37 Å². The molecule has 2 amide bonds. The predicted octanol–water partition coefficient (Wildman–Crippen LogP) is 5.49. The summed E-state index contributed by atoms with van der Waals surface area (Å²) in [7, 11) is 0. The van der Waals surface area contributed by atoms with Crippen LogP contribution in [-0.2, 0) is 11.4 Å². The molecule has 0 spiro atoms. The van der Waals surface area contributed by atoms with Crippen molar-refractivity contribution in [3.05, 3.63) is 101 Å². The van der Waals surface area contributed by atoms with Gasteiger partial charge in [0.25, 0.3) is 11.8 Å². The zero-order valence-electron chi connectivity index (χ0n) is 20.5. The molecule has 0 aliphatic rings. The van der Waals surface area contributed by atoms with Crippen LogP contribution in [0, 0.1) is 0 Å². The highest BCUT2D eigenvalue weighted by Crippen LogP contribution is 2.28. The molecule has 0 saturated carbocycles. The topological polar surface area (TPSA) is 104 Å². The van der Waals surface area contributed by atoms with Crippen LogP contribution < -0.4 is 10.6 Å². The lowest BCUT2D eigenvalue weighted by molar-refractivity contribution is -0.121. The standard InChI is InChI=1S/C29H27ClFN3O4/c30-23-12-10-20(11-13-23)26-17-33-29(38-26)25(7-4-14-32-27(36)16-31)34-28(37)24-15-21(8-9-22(24)18-35)19-5-2-1-3-6-19/h1-3,5-6,8-13,15,17,25,35H,4,7,14,16,18H2,(H,32,36)(H,34,37)/t25-/m0/s1. The van der Waals surface area contributed by atoms with Gasteiger partial charge in [-0.3, -0.25) is 9.59 Å². The molecule has 1 atom stereocenters. The van der Waals surface area contributed by atoms with Crippen molar-refractivity contribution in [1.82, 2.24) is 15.6 Å². The second kappa shape index (κ2) is 13.0. The highest BCUT2D eigenvalue weighted by Gasteiger charge is 2.23. The molecule has 3 N–H and O–H groups in total. The van der Waals surface area contributed by atoms with Crippen LogP contribution in [0.5, 0.6) is 0 Å². The molecule has 4 rings (SSSR count). The number of aliphatic hydroxyl groups excluding tert-OH is 1. The number of aromatic nitrogens is 1. The first kappa shape index (κ1) is 27.0. The van der Waals surface area contributed by atoms with Gasteiger partial charge < -0.3 is 20.2 Å². The second-order valence-electron chi connectivity index (χ2n) is 8.62. The molecule has 0 radical (unpaired) electrons. The molecular formula is C29H27ClFN3O4. The molecule has 1 heterocycles. The summed E-state index contributed by atoms with van der Waals surface area (Å²) in [6, 6.07) is 21.4. The molecule has 0 fully saturated rings. The summed E-state index contributed by atoms with van der Waals surface area (Å²) in [5, 5.41) is 15.9. The lowest BCUT2D eigenvalue weighted by Crippen LogP contribution is -2.31. The molecule has 4 aromatic rings. The molecule has 7 nitrogen and oxygen atoms in total. The highest BCUT2D eigenvalue weighted by molar-refractivity contribution is 6.30. The highest BCUT2D eigenvalue weighted by atomic mass is 35.5. The maximum Gasteiger partial charge on any atom is 0.252 e. The fraction of sp³-hybridized carbons (Fsp3) is 0.207. The number of amides is 2. The summed E-state index contributed by atoms with van der Waals surface area (Å²) in [6.45, 7) is -1.17. The van der Waals surface area contributed by atoms with Crippen molar-refractivity contribution in [2.75, 3.05) is 13.2 Å². The molecule has 1 aromatic heterocycles. The van der Waals surface area contributed by atoms with Crippen LogP contribution >= 0.6 is 11.6 Å². The number of oxazole rings is 1. The quantitative estimate of drug-likeness (QED) is 0.220. The van der Waals surface area contributed by atoms with Crippen molar-refractivity contribution in [3.63, 3.8) is 0 Å². The summed E-state index contributed by atoms with van der Waals surface area (Å²) in [4.78, 5) is 29.1. The zero-order valence-corrected chi connectivity index (χ0v) is 21.2. The van der Waals surface area contributed by atoms with E-state index in [9.17, 15) is 19.1 Å². The van der Waals surface area contributed by atoms with E-state index in [2.05, 4.69) is 15.6 Å². The molecule has 0 bridgehead atoms. The number of carbonyl (C=O) groups excluding carboxylic acids is 2. The van der Waals surface area contributed by atoms with Crippen molar-refractivity contribution in [2.24, 2.45) is 0 Å². The Morgan fingerprint density at radius 1 is 1.00 bits per heavy atom. The van der Waals surface area contributed by atoms with Crippen molar-refractivity contribution in [2.45, 2.75) is 25.5 Å². The summed E-state index contributed by atoms with van der Waals surface area (Å²) in [5.41, 5.74) is 3.34. The van der Waals surface area contributed by atoms with Crippen LogP contribution in [0.4, 0.5) is 4.39 Å². The molecule has 9 heteroatoms. The third-order valence-corrected chi connectivity index (χ3v) is 6.25. The van der Waals surface area contributed by atoms with Gasteiger partial charge in [0, 0.05) is 22.7 Å². The Balaban J connectivity index is 1.58. The van der Waals surface area contributed by atoms with Crippen molar-refractivity contribution < 1.29 is 23.5 Å². The van der Waals surface area contributed by atoms with Gasteiger partial charge in [0.15, 0.2) is 12.4 Å². The molecule has 0 aliphatic heterocycles. The Labute approximate surface area is 224 Å². The van der Waals surface area contributed by atoms with Gasteiger partial charge in [0.2, 0.25) is 5.89 Å². The normalized spacial score (nSPS) is 11.7. The minimum absolute atomic E-state index is 0.227. The molecular weight excluding hydrogens is 509 g/mol. The molecule has 3 aromatic carbocycles. The van der Waals surface area contributed by atoms with E-state index in [1.165, 1.54) is 0 Å². The summed E-state index contributed by atoms with van der Waals surface area (Å²) in [5.74, 6) is -0.318. The summed E-state index contributed by atoms with van der Waals surface area (Å²) >= 11 is 5.98. The van der Waals surface area contributed by atoms with E-state index < -0.39 is 24.5 Å². The number of rotatable bonds is 11. The van der Waals surface area contributed by atoms with Crippen molar-refractivity contribution in [3.8, 4) is 22.5 Å². The van der Waals surface area contributed by atoms with Crippen LogP contribution in [0.25, 0.3) is 22.5 Å². The van der Waals surface area contributed by atoms with E-state index in [4.69, 9.17) is 16.0 Å². The third kappa shape index (κ3) is 6.85. The first-order chi connectivity index (χ1) is 18.5. The van der Waals surface area contributed by atoms with Crippen molar-refractivity contribution in [1.29, 1.82) is 0 Å². The number of hydrogen-bond acceptors (Lipinski definition) is 5. The molecule has 38 heavy (non-hydrogen) atoms. The van der Waals surface area contributed by atoms with E-state index in [0.29, 0.717) is 34.8 Å². The zero-order chi connectivity index (χ0) is 26.9. The van der Waals surface area contributed by atoms with E-state index >= 15 is 0 Å². The molecule has 196 valence electrons. The Morgan fingerprint density at radius 2 is 1.74 bits per heavy atom. The maximum absolute atomic E-state index is 13.5. The smallest absolute Gasteiger partial charge is 0.252 e. The minimum Gasteiger partial charge on any atom is -0.438 e. The van der Waals surface area contributed by atoms with Gasteiger partial charge in [-0.05, 0) is 59.9 Å². The monoisotopic (exact) mass is 535 g/mol. The number of alkyl halides is 1. The molecule has 0 saturated heterocycles. The van der Waals surface area contributed by atoms with Gasteiger partial charge in [-0.1, -0.05) is 54.1 Å². The lowest BCUT2D eigenvalue weighted by atomic mass is 9.98. The van der Waals surface area contributed by atoms with Crippen LogP contribution in [0.2, 0.25) is 5.02 Å². The van der Waals surface area contributed by atoms with Gasteiger partial charge >= 0.3 is 0 Å². The number of aliphatic hydroxyl groups is 1. The maximum atomic E-state index is 13.5. The summed E-state index contributed by atoms with van der Waals surface area (Å²) in [6.07, 6.45) is 2.37.